The van der Waals surface area contributed by atoms with Crippen LogP contribution < -0.4 is 10.3 Å². The highest BCUT2D eigenvalue weighted by Crippen LogP contribution is 2.33. The fourth-order valence-electron chi connectivity index (χ4n) is 2.82. The molecule has 1 heterocycles. The van der Waals surface area contributed by atoms with Gasteiger partial charge in [-0.1, -0.05) is 18.2 Å². The molecule has 148 valence electrons. The summed E-state index contributed by atoms with van der Waals surface area (Å²) in [5.41, 5.74) is 6.08. The highest BCUT2D eigenvalue weighted by atomic mass is 32.1. The molecule has 1 aromatic heterocycles. The van der Waals surface area contributed by atoms with Crippen molar-refractivity contribution in [1.29, 1.82) is 0 Å². The molecule has 2 amide bonds. The summed E-state index contributed by atoms with van der Waals surface area (Å²) in [7, 11) is 0. The van der Waals surface area contributed by atoms with Gasteiger partial charge in [0.2, 0.25) is 5.91 Å². The number of phenolic OH excluding ortho intramolecular Hbond substituents is 1. The van der Waals surface area contributed by atoms with Gasteiger partial charge in [0.05, 0.1) is 17.6 Å². The number of hydrogen-bond donors (Lipinski definition) is 2. The second-order valence-electron chi connectivity index (χ2n) is 6.40. The number of para-hydroxylation sites is 1. The number of nitrogens with one attached hydrogen (secondary N) is 1. The van der Waals surface area contributed by atoms with Gasteiger partial charge in [0.25, 0.3) is 5.91 Å². The van der Waals surface area contributed by atoms with E-state index in [-0.39, 0.29) is 11.7 Å². The molecule has 0 spiro atoms. The molecule has 3 rings (SSSR count). The van der Waals surface area contributed by atoms with Gasteiger partial charge < -0.3 is 5.11 Å². The monoisotopic (exact) mass is 408 g/mol. The number of carbonyl (C=O) groups is 2. The van der Waals surface area contributed by atoms with E-state index in [2.05, 4.69) is 15.5 Å². The molecule has 3 aromatic rings. The van der Waals surface area contributed by atoms with Gasteiger partial charge in [-0.2, -0.15) is 5.10 Å². The van der Waals surface area contributed by atoms with Crippen LogP contribution >= 0.6 is 11.3 Å². The molecule has 0 unspecified atom stereocenters. The highest BCUT2D eigenvalue weighted by Gasteiger charge is 2.21. The van der Waals surface area contributed by atoms with Crippen LogP contribution in [0.3, 0.4) is 0 Å². The molecule has 0 saturated carbocycles. The van der Waals surface area contributed by atoms with Crippen molar-refractivity contribution in [3.05, 3.63) is 70.2 Å². The SMILES string of the molecule is CC(=O)N(c1nc(/C=N\NC(=O)c2ccc(O)cc2)cs1)c1c(C)cccc1C. The number of aromatic nitrogens is 1. The first kappa shape index (κ1) is 20.2. The standard InChI is InChI=1S/C21H20N4O3S/c1-13-5-4-6-14(2)19(13)25(15(3)26)21-23-17(12-29-21)11-22-24-20(28)16-7-9-18(27)10-8-16/h4-12,27H,1-3H3,(H,24,28)/b22-11-. The van der Waals surface area contributed by atoms with Crippen molar-refractivity contribution < 1.29 is 14.7 Å². The maximum Gasteiger partial charge on any atom is 0.271 e. The zero-order valence-electron chi connectivity index (χ0n) is 16.2. The first-order valence-electron chi connectivity index (χ1n) is 8.81. The van der Waals surface area contributed by atoms with Crippen molar-refractivity contribution in [3.8, 4) is 5.75 Å². The van der Waals surface area contributed by atoms with Crippen LogP contribution in [0.2, 0.25) is 0 Å². The summed E-state index contributed by atoms with van der Waals surface area (Å²) in [5.74, 6) is -0.461. The average Bonchev–Trinajstić information content (AvgIpc) is 3.13. The Morgan fingerprint density at radius 2 is 1.79 bits per heavy atom. The van der Waals surface area contributed by atoms with Gasteiger partial charge in [-0.25, -0.2) is 10.4 Å². The zero-order chi connectivity index (χ0) is 21.0. The van der Waals surface area contributed by atoms with Gasteiger partial charge in [-0.05, 0) is 49.2 Å². The smallest absolute Gasteiger partial charge is 0.271 e. The fourth-order valence-corrected chi connectivity index (χ4v) is 3.64. The van der Waals surface area contributed by atoms with Gasteiger partial charge in [0.1, 0.15) is 5.75 Å². The summed E-state index contributed by atoms with van der Waals surface area (Å²) in [6.45, 7) is 5.40. The normalized spacial score (nSPS) is 10.9. The number of amides is 2. The minimum Gasteiger partial charge on any atom is -0.508 e. The van der Waals surface area contributed by atoms with E-state index in [1.165, 1.54) is 48.7 Å². The van der Waals surface area contributed by atoms with Crippen molar-refractivity contribution in [1.82, 2.24) is 10.4 Å². The average molecular weight is 408 g/mol. The summed E-state index contributed by atoms with van der Waals surface area (Å²) in [6.07, 6.45) is 1.42. The van der Waals surface area contributed by atoms with E-state index in [0.717, 1.165) is 16.8 Å². The van der Waals surface area contributed by atoms with Gasteiger partial charge in [0, 0.05) is 17.9 Å². The number of benzene rings is 2. The van der Waals surface area contributed by atoms with Crippen LogP contribution in [0.15, 0.2) is 52.9 Å². The van der Waals surface area contributed by atoms with Crippen molar-refractivity contribution in [3.63, 3.8) is 0 Å². The predicted octanol–water partition coefficient (Wildman–Crippen LogP) is 3.91. The van der Waals surface area contributed by atoms with Crippen molar-refractivity contribution in [2.45, 2.75) is 20.8 Å². The lowest BCUT2D eigenvalue weighted by Gasteiger charge is -2.22. The molecule has 0 bridgehead atoms. The molecule has 0 atom stereocenters. The molecule has 0 aliphatic rings. The van der Waals surface area contributed by atoms with Crippen LogP contribution in [0.5, 0.6) is 5.75 Å². The molecule has 7 nitrogen and oxygen atoms in total. The third-order valence-electron chi connectivity index (χ3n) is 4.17. The van der Waals surface area contributed by atoms with Crippen LogP contribution in [0, 0.1) is 13.8 Å². The number of thiazole rings is 1. The lowest BCUT2D eigenvalue weighted by atomic mass is 10.1. The van der Waals surface area contributed by atoms with Crippen molar-refractivity contribution in [2.24, 2.45) is 5.10 Å². The second-order valence-corrected chi connectivity index (χ2v) is 7.23. The predicted molar refractivity (Wildman–Crippen MR) is 114 cm³/mol. The van der Waals surface area contributed by atoms with E-state index in [1.807, 2.05) is 32.0 Å². The Kier molecular flexibility index (Phi) is 6.04. The number of rotatable bonds is 5. The largest absolute Gasteiger partial charge is 0.508 e. The number of carbonyl (C=O) groups excluding carboxylic acids is 2. The second kappa shape index (κ2) is 8.66. The molecular weight excluding hydrogens is 388 g/mol. The number of nitrogens with zero attached hydrogens (tertiary/aromatic N) is 3. The van der Waals surface area contributed by atoms with Gasteiger partial charge in [0.15, 0.2) is 5.13 Å². The van der Waals surface area contributed by atoms with E-state index >= 15 is 0 Å². The minimum atomic E-state index is -0.405. The molecule has 2 aromatic carbocycles. The topological polar surface area (TPSA) is 94.9 Å². The summed E-state index contributed by atoms with van der Waals surface area (Å²) in [6, 6.07) is 11.7. The highest BCUT2D eigenvalue weighted by molar-refractivity contribution is 7.14. The third-order valence-corrected chi connectivity index (χ3v) is 5.02. The number of phenols is 1. The molecule has 0 aliphatic carbocycles. The van der Waals surface area contributed by atoms with Crippen molar-refractivity contribution in [2.75, 3.05) is 4.90 Å². The molecule has 2 N–H and O–H groups in total. The molecule has 0 fully saturated rings. The van der Waals surface area contributed by atoms with E-state index in [1.54, 1.807) is 10.3 Å². The van der Waals surface area contributed by atoms with E-state index < -0.39 is 5.91 Å². The number of aryl methyl sites for hydroxylation is 2. The maximum atomic E-state index is 12.3. The summed E-state index contributed by atoms with van der Waals surface area (Å²) in [5, 5.41) is 15.5. The zero-order valence-corrected chi connectivity index (χ0v) is 17.0. The number of hydrazone groups is 1. The summed E-state index contributed by atoms with van der Waals surface area (Å²) >= 11 is 1.32. The lowest BCUT2D eigenvalue weighted by molar-refractivity contribution is -0.115. The molecule has 29 heavy (non-hydrogen) atoms. The Balaban J connectivity index is 1.76. The molecular formula is C21H20N4O3S. The lowest BCUT2D eigenvalue weighted by Crippen LogP contribution is -2.24. The van der Waals surface area contributed by atoms with Gasteiger partial charge in [-0.15, -0.1) is 11.3 Å². The van der Waals surface area contributed by atoms with Crippen LogP contribution in [0.4, 0.5) is 10.8 Å². The Labute approximate surface area is 172 Å². The molecule has 0 saturated heterocycles. The van der Waals surface area contributed by atoms with E-state index in [0.29, 0.717) is 16.4 Å². The number of hydrogen-bond acceptors (Lipinski definition) is 6. The Hall–Kier alpha value is -3.52. The van der Waals surface area contributed by atoms with E-state index in [9.17, 15) is 14.7 Å². The first-order valence-corrected chi connectivity index (χ1v) is 9.69. The minimum absolute atomic E-state index is 0.0824. The quantitative estimate of drug-likeness (QED) is 0.494. The van der Waals surface area contributed by atoms with Crippen LogP contribution in [0.25, 0.3) is 0 Å². The van der Waals surface area contributed by atoms with E-state index in [4.69, 9.17) is 0 Å². The summed E-state index contributed by atoms with van der Waals surface area (Å²) < 4.78 is 0. The maximum absolute atomic E-state index is 12.3. The van der Waals surface area contributed by atoms with Crippen LogP contribution in [-0.4, -0.2) is 28.1 Å². The Bertz CT molecular complexity index is 1050. The van der Waals surface area contributed by atoms with Gasteiger partial charge in [-0.3, -0.25) is 14.5 Å². The Morgan fingerprint density at radius 3 is 2.41 bits per heavy atom. The Morgan fingerprint density at radius 1 is 1.14 bits per heavy atom. The van der Waals surface area contributed by atoms with Crippen LogP contribution in [0.1, 0.15) is 34.1 Å². The van der Waals surface area contributed by atoms with Crippen molar-refractivity contribution >= 4 is 40.2 Å². The summed E-state index contributed by atoms with van der Waals surface area (Å²) in [4.78, 5) is 30.4. The first-order chi connectivity index (χ1) is 13.9. The molecule has 0 radical (unpaired) electrons. The number of aromatic hydroxyl groups is 1. The third kappa shape index (κ3) is 4.67. The number of anilines is 2. The molecule has 0 aliphatic heterocycles. The fraction of sp³-hybridized carbons (Fsp3) is 0.143. The van der Waals surface area contributed by atoms with Crippen LogP contribution in [-0.2, 0) is 4.79 Å². The molecule has 8 heteroatoms. The van der Waals surface area contributed by atoms with Gasteiger partial charge >= 0.3 is 0 Å².